The zero-order valence-electron chi connectivity index (χ0n) is 60.7. The van der Waals surface area contributed by atoms with E-state index in [1.165, 1.54) is 38.2 Å². The van der Waals surface area contributed by atoms with Gasteiger partial charge >= 0.3 is 0 Å². The molecule has 0 aliphatic rings. The van der Waals surface area contributed by atoms with E-state index in [2.05, 4.69) is 352 Å². The normalized spacial score (nSPS) is 11.6. The van der Waals surface area contributed by atoms with Crippen LogP contribution in [0.2, 0.25) is 0 Å². The third kappa shape index (κ3) is 11.4. The van der Waals surface area contributed by atoms with Crippen LogP contribution in [-0.4, -0.2) is 43.2 Å². The van der Waals surface area contributed by atoms with E-state index >= 15 is 0 Å². The topological polar surface area (TPSA) is 84.2 Å². The highest BCUT2D eigenvalue weighted by atomic mass is 15.0. The van der Waals surface area contributed by atoms with Crippen molar-refractivity contribution in [2.75, 3.05) is 0 Å². The third-order valence-electron chi connectivity index (χ3n) is 21.7. The van der Waals surface area contributed by atoms with E-state index in [1.54, 1.807) is 0 Å². The van der Waals surface area contributed by atoms with Crippen LogP contribution in [0, 0.1) is 0 Å². The van der Waals surface area contributed by atoms with E-state index in [9.17, 15) is 0 Å². The fourth-order valence-electron chi connectivity index (χ4n) is 16.7. The van der Waals surface area contributed by atoms with E-state index in [0.29, 0.717) is 5.82 Å². The molecule has 0 radical (unpaired) electrons. The average Bonchev–Trinajstić information content (AvgIpc) is 1.57. The van der Waals surface area contributed by atoms with Gasteiger partial charge in [0.05, 0.1) is 77.9 Å². The molecule has 0 amide bonds. The number of nitrogens with zero attached hydrogens (tertiary/aromatic N) is 9. The van der Waals surface area contributed by atoms with Crippen molar-refractivity contribution in [3.63, 3.8) is 0 Å². The fraction of sp³-hybridized carbons (Fsp3) is 0. The molecule has 524 valence electrons. The molecular formula is C103H67N9. The molecule has 0 aliphatic carbocycles. The molecule has 9 nitrogen and oxygen atoms in total. The van der Waals surface area contributed by atoms with Crippen molar-refractivity contribution in [2.24, 2.45) is 0 Å². The molecule has 9 heteroatoms. The third-order valence-corrected chi connectivity index (χ3v) is 21.7. The molecule has 22 aromatic rings. The zero-order chi connectivity index (χ0) is 74.0. The summed E-state index contributed by atoms with van der Waals surface area (Å²) in [6, 6.07) is 139. The summed E-state index contributed by atoms with van der Waals surface area (Å²) in [5.74, 6) is 0.685. The first-order chi connectivity index (χ1) is 55.6. The summed E-state index contributed by atoms with van der Waals surface area (Å²) in [6.45, 7) is 0. The molecule has 0 N–H and O–H groups in total. The number of aromatic nitrogens is 9. The first-order valence-electron chi connectivity index (χ1n) is 37.9. The molecule has 0 spiro atoms. The molecular weight excluding hydrogens is 1360 g/mol. The summed E-state index contributed by atoms with van der Waals surface area (Å²) >= 11 is 0. The van der Waals surface area contributed by atoms with Crippen LogP contribution in [0.15, 0.2) is 407 Å². The van der Waals surface area contributed by atoms with E-state index in [1.807, 2.05) is 73.1 Å². The standard InChI is InChI=1S/C52H34N4.C51H33N5/c1-4-15-35(16-5-1)45-33-39(34-46(54-45)36-17-6-2-7-18-36)37-19-12-22-41(31-37)56-47-25-11-10-23-43(47)51-42(24-13-26-49(51)56)38-28-29-48-44(32-38)52-50(27-14-30-53-52)55(48)40-20-8-3-9-21-40;1-4-15-34(16-5-1)43-33-44(35-17-6-2-7-18-35)54-51(53-43)37-19-12-22-39(31-37)56-45-25-11-10-23-41(45)49-40(24-13-26-47(49)56)36-28-29-46-42(32-36)50-48(27-14-30-52-50)55(46)38-20-8-3-9-21-38/h1-34H;1-33H. The van der Waals surface area contributed by atoms with Gasteiger partial charge in [-0.2, -0.15) is 0 Å². The minimum Gasteiger partial charge on any atom is -0.309 e. The monoisotopic (exact) mass is 1430 g/mol. The molecule has 22 rings (SSSR count). The summed E-state index contributed by atoms with van der Waals surface area (Å²) in [6.07, 6.45) is 3.78. The van der Waals surface area contributed by atoms with Gasteiger partial charge in [0, 0.05) is 95.3 Å². The maximum Gasteiger partial charge on any atom is 0.160 e. The van der Waals surface area contributed by atoms with Gasteiger partial charge in [0.25, 0.3) is 0 Å². The maximum atomic E-state index is 5.14. The Morgan fingerprint density at radius 1 is 0.179 bits per heavy atom. The minimum atomic E-state index is 0.685. The summed E-state index contributed by atoms with van der Waals surface area (Å²) in [7, 11) is 0. The second-order valence-corrected chi connectivity index (χ2v) is 28.3. The molecule has 0 saturated carbocycles. The fourth-order valence-corrected chi connectivity index (χ4v) is 16.7. The van der Waals surface area contributed by atoms with Gasteiger partial charge in [0.1, 0.15) is 0 Å². The Hall–Kier alpha value is -15.2. The Bertz CT molecular complexity index is 6790. The lowest BCUT2D eigenvalue weighted by Crippen LogP contribution is -1.98. The smallest absolute Gasteiger partial charge is 0.160 e. The van der Waals surface area contributed by atoms with Crippen molar-refractivity contribution in [2.45, 2.75) is 0 Å². The Labute approximate surface area is 645 Å². The Morgan fingerprint density at radius 2 is 0.509 bits per heavy atom. The molecule has 112 heavy (non-hydrogen) atoms. The zero-order valence-corrected chi connectivity index (χ0v) is 60.7. The van der Waals surface area contributed by atoms with Crippen LogP contribution < -0.4 is 0 Å². The average molecular weight is 1430 g/mol. The van der Waals surface area contributed by atoms with Crippen LogP contribution in [0.4, 0.5) is 0 Å². The lowest BCUT2D eigenvalue weighted by Gasteiger charge is -2.13. The first-order valence-corrected chi connectivity index (χ1v) is 37.9. The number of benzene rings is 14. The highest BCUT2D eigenvalue weighted by Gasteiger charge is 2.23. The van der Waals surface area contributed by atoms with Crippen molar-refractivity contribution < 1.29 is 0 Å². The molecule has 0 bridgehead atoms. The highest BCUT2D eigenvalue weighted by molar-refractivity contribution is 6.19. The van der Waals surface area contributed by atoms with E-state index in [4.69, 9.17) is 24.9 Å². The van der Waals surface area contributed by atoms with Crippen LogP contribution in [0.5, 0.6) is 0 Å². The summed E-state index contributed by atoms with van der Waals surface area (Å²) < 4.78 is 9.41. The largest absolute Gasteiger partial charge is 0.309 e. The molecule has 0 aliphatic heterocycles. The quantitative estimate of drug-likeness (QED) is 0.122. The minimum absolute atomic E-state index is 0.685. The van der Waals surface area contributed by atoms with Crippen LogP contribution in [0.3, 0.4) is 0 Å². The van der Waals surface area contributed by atoms with Gasteiger partial charge in [-0.05, 0) is 173 Å². The van der Waals surface area contributed by atoms with E-state index in [0.717, 1.165) is 156 Å². The van der Waals surface area contributed by atoms with Crippen molar-refractivity contribution in [3.8, 4) is 113 Å². The van der Waals surface area contributed by atoms with E-state index in [-0.39, 0.29) is 0 Å². The van der Waals surface area contributed by atoms with Crippen LogP contribution in [0.25, 0.3) is 200 Å². The Kier molecular flexibility index (Phi) is 16.0. The molecule has 8 aromatic heterocycles. The Morgan fingerprint density at radius 3 is 0.955 bits per heavy atom. The second kappa shape index (κ2) is 27.5. The van der Waals surface area contributed by atoms with Gasteiger partial charge < -0.3 is 18.3 Å². The van der Waals surface area contributed by atoms with Crippen LogP contribution >= 0.6 is 0 Å². The summed E-state index contributed by atoms with van der Waals surface area (Å²) in [5.41, 5.74) is 31.3. The van der Waals surface area contributed by atoms with E-state index < -0.39 is 0 Å². The van der Waals surface area contributed by atoms with Crippen molar-refractivity contribution in [1.29, 1.82) is 0 Å². The van der Waals surface area contributed by atoms with Crippen molar-refractivity contribution in [3.05, 3.63) is 407 Å². The molecule has 0 atom stereocenters. The maximum absolute atomic E-state index is 5.14. The van der Waals surface area contributed by atoms with Crippen LogP contribution in [0.1, 0.15) is 0 Å². The lowest BCUT2D eigenvalue weighted by atomic mass is 9.98. The number of pyridine rings is 3. The number of hydrogen-bond donors (Lipinski definition) is 0. The molecule has 0 fully saturated rings. The van der Waals surface area contributed by atoms with Crippen LogP contribution in [-0.2, 0) is 0 Å². The lowest BCUT2D eigenvalue weighted by molar-refractivity contribution is 1.16. The number of rotatable bonds is 12. The second-order valence-electron chi connectivity index (χ2n) is 28.3. The molecule has 0 unspecified atom stereocenters. The predicted molar refractivity (Wildman–Crippen MR) is 463 cm³/mol. The van der Waals surface area contributed by atoms with Gasteiger partial charge in [0.15, 0.2) is 5.82 Å². The van der Waals surface area contributed by atoms with Gasteiger partial charge in [0.2, 0.25) is 0 Å². The van der Waals surface area contributed by atoms with Gasteiger partial charge in [-0.3, -0.25) is 9.97 Å². The SMILES string of the molecule is c1ccc(-c2cc(-c3cccc(-n4c5ccccc5c5c(-c6ccc7c(c6)c6ncccc6n7-c6ccccc6)cccc54)c3)cc(-c3ccccc3)n2)cc1.c1ccc(-c2cc(-c3ccccc3)nc(-c3cccc(-n4c5ccccc5c5c(-c6ccc7c(c6)c6ncccc6n7-c6ccccc6)cccc54)c3)n2)cc1. The van der Waals surface area contributed by atoms with Gasteiger partial charge in [-0.15, -0.1) is 0 Å². The number of fused-ring (bicyclic) bond motifs is 12. The molecule has 8 heterocycles. The molecule has 14 aromatic carbocycles. The van der Waals surface area contributed by atoms with Crippen molar-refractivity contribution >= 4 is 87.5 Å². The summed E-state index contributed by atoms with van der Waals surface area (Å²) in [4.78, 5) is 25.2. The van der Waals surface area contributed by atoms with Gasteiger partial charge in [-0.1, -0.05) is 255 Å². The predicted octanol–water partition coefficient (Wildman–Crippen LogP) is 26.1. The highest BCUT2D eigenvalue weighted by Crippen LogP contribution is 2.45. The summed E-state index contributed by atoms with van der Waals surface area (Å²) in [5, 5.41) is 7.12. The van der Waals surface area contributed by atoms with Crippen molar-refractivity contribution in [1.82, 2.24) is 43.2 Å². The molecule has 0 saturated heterocycles. The van der Waals surface area contributed by atoms with Gasteiger partial charge in [-0.25, -0.2) is 15.0 Å². The number of para-hydroxylation sites is 4. The first kappa shape index (κ1) is 65.1. The number of hydrogen-bond acceptors (Lipinski definition) is 5. The Balaban J connectivity index is 0.000000141.